The van der Waals surface area contributed by atoms with E-state index in [-0.39, 0.29) is 28.6 Å². The van der Waals surface area contributed by atoms with Crippen LogP contribution in [0, 0.1) is 18.6 Å². The van der Waals surface area contributed by atoms with Crippen LogP contribution in [0.2, 0.25) is 5.02 Å². The van der Waals surface area contributed by atoms with Gasteiger partial charge in [-0.15, -0.1) is 11.3 Å². The minimum Gasteiger partial charge on any atom is -0.345 e. The number of nitrogens with one attached hydrogen (secondary N) is 3. The molecule has 3 N–H and O–H groups in total. The third kappa shape index (κ3) is 4.47. The second kappa shape index (κ2) is 7.80. The normalized spacial score (nSPS) is 10.7. The number of aryl methyl sites for hydroxylation is 1. The summed E-state index contributed by atoms with van der Waals surface area (Å²) >= 11 is 7.23. The molecular weight excluding hydrogens is 400 g/mol. The number of hydrogen-bond acceptors (Lipinski definition) is 5. The van der Waals surface area contributed by atoms with E-state index in [0.717, 1.165) is 10.7 Å². The summed E-state index contributed by atoms with van der Waals surface area (Å²) in [6.45, 7) is 2.10. The topological polar surface area (TPSA) is 99.8 Å². The number of hydrogen-bond donors (Lipinski definition) is 3. The molecule has 2 heterocycles. The van der Waals surface area contributed by atoms with Crippen LogP contribution >= 0.6 is 22.9 Å². The molecule has 3 aromatic rings. The van der Waals surface area contributed by atoms with E-state index < -0.39 is 23.4 Å². The molecule has 0 unspecified atom stereocenters. The van der Waals surface area contributed by atoms with Crippen LogP contribution in [-0.4, -0.2) is 27.0 Å². The summed E-state index contributed by atoms with van der Waals surface area (Å²) in [6.07, 6.45) is 0. The lowest BCUT2D eigenvalue weighted by molar-refractivity contribution is 0.0944. The highest BCUT2D eigenvalue weighted by atomic mass is 35.5. The molecule has 11 heteroatoms. The Hall–Kier alpha value is -2.85. The summed E-state index contributed by atoms with van der Waals surface area (Å²) in [5, 5.41) is 13.8. The van der Waals surface area contributed by atoms with Crippen molar-refractivity contribution in [2.45, 2.75) is 13.5 Å². The van der Waals surface area contributed by atoms with Crippen molar-refractivity contribution < 1.29 is 18.4 Å². The number of halogens is 3. The molecule has 0 aliphatic carbocycles. The van der Waals surface area contributed by atoms with E-state index in [4.69, 9.17) is 11.6 Å². The third-order valence-corrected chi connectivity index (χ3v) is 4.54. The number of carbonyl (C=O) groups excluding carboxylic acids is 2. The lowest BCUT2D eigenvalue weighted by Crippen LogP contribution is -2.23. The summed E-state index contributed by atoms with van der Waals surface area (Å²) in [7, 11) is 0. The van der Waals surface area contributed by atoms with E-state index in [0.29, 0.717) is 12.1 Å². The molecule has 0 saturated heterocycles. The number of carbonyl (C=O) groups is 2. The lowest BCUT2D eigenvalue weighted by Gasteiger charge is -2.05. The molecule has 0 radical (unpaired) electrons. The van der Waals surface area contributed by atoms with Crippen molar-refractivity contribution in [2.75, 3.05) is 5.32 Å². The molecule has 7 nitrogen and oxygen atoms in total. The smallest absolute Gasteiger partial charge is 0.272 e. The summed E-state index contributed by atoms with van der Waals surface area (Å²) in [6, 6.07) is 2.69. The van der Waals surface area contributed by atoms with Crippen LogP contribution in [0.15, 0.2) is 23.6 Å². The van der Waals surface area contributed by atoms with Gasteiger partial charge in [-0.3, -0.25) is 14.7 Å². The van der Waals surface area contributed by atoms with E-state index >= 15 is 0 Å². The highest BCUT2D eigenvalue weighted by Crippen LogP contribution is 2.21. The Bertz CT molecular complexity index is 1020. The number of H-pyrrole nitrogens is 1. The third-order valence-electron chi connectivity index (χ3n) is 3.41. The maximum Gasteiger partial charge on any atom is 0.272 e. The molecule has 0 atom stereocenters. The van der Waals surface area contributed by atoms with Gasteiger partial charge in [-0.25, -0.2) is 13.8 Å². The summed E-state index contributed by atoms with van der Waals surface area (Å²) < 4.78 is 26.4. The first-order chi connectivity index (χ1) is 12.8. The van der Waals surface area contributed by atoms with Gasteiger partial charge in [-0.05, 0) is 19.1 Å². The fraction of sp³-hybridized carbons (Fsp3) is 0.125. The van der Waals surface area contributed by atoms with E-state index in [1.165, 1.54) is 17.4 Å². The minimum absolute atomic E-state index is 0.0358. The number of anilines is 1. The van der Waals surface area contributed by atoms with Crippen molar-refractivity contribution in [1.29, 1.82) is 0 Å². The van der Waals surface area contributed by atoms with Crippen LogP contribution in [0.5, 0.6) is 0 Å². The zero-order chi connectivity index (χ0) is 19.6. The first-order valence-electron chi connectivity index (χ1n) is 7.54. The van der Waals surface area contributed by atoms with Gasteiger partial charge in [-0.1, -0.05) is 11.6 Å². The van der Waals surface area contributed by atoms with Crippen LogP contribution < -0.4 is 10.6 Å². The molecule has 140 valence electrons. The SMILES string of the molecule is Cc1nc(CNC(=O)c2cc(NC(=O)c3cc(F)c(F)cc3Cl)[nH]n2)cs1. The highest BCUT2D eigenvalue weighted by molar-refractivity contribution is 7.09. The Morgan fingerprint density at radius 2 is 1.96 bits per heavy atom. The van der Waals surface area contributed by atoms with Crippen molar-refractivity contribution in [3.63, 3.8) is 0 Å². The van der Waals surface area contributed by atoms with E-state index in [9.17, 15) is 18.4 Å². The molecule has 1 aromatic carbocycles. The predicted molar refractivity (Wildman–Crippen MR) is 95.9 cm³/mol. The number of aromatic nitrogens is 3. The first kappa shape index (κ1) is 18.9. The van der Waals surface area contributed by atoms with Gasteiger partial charge >= 0.3 is 0 Å². The quantitative estimate of drug-likeness (QED) is 0.561. The van der Waals surface area contributed by atoms with Crippen LogP contribution in [0.3, 0.4) is 0 Å². The molecule has 0 saturated carbocycles. The molecule has 3 rings (SSSR count). The van der Waals surface area contributed by atoms with Crippen molar-refractivity contribution in [2.24, 2.45) is 0 Å². The van der Waals surface area contributed by atoms with Gasteiger partial charge in [0.25, 0.3) is 11.8 Å². The van der Waals surface area contributed by atoms with Gasteiger partial charge < -0.3 is 10.6 Å². The van der Waals surface area contributed by atoms with Crippen LogP contribution in [-0.2, 0) is 6.54 Å². The standard InChI is InChI=1S/C16H12ClF2N5O2S/c1-7-21-8(6-27-7)5-20-16(26)13-4-14(24-23-13)22-15(25)9-2-11(18)12(19)3-10(9)17/h2-4,6H,5H2,1H3,(H,20,26)(H2,22,23,24,25). The lowest BCUT2D eigenvalue weighted by atomic mass is 10.2. The van der Waals surface area contributed by atoms with Gasteiger partial charge in [-0.2, -0.15) is 5.10 Å². The predicted octanol–water partition coefficient (Wildman–Crippen LogP) is 3.29. The summed E-state index contributed by atoms with van der Waals surface area (Å²) in [4.78, 5) is 28.5. The zero-order valence-electron chi connectivity index (χ0n) is 13.8. The Morgan fingerprint density at radius 3 is 2.67 bits per heavy atom. The zero-order valence-corrected chi connectivity index (χ0v) is 15.3. The highest BCUT2D eigenvalue weighted by Gasteiger charge is 2.17. The van der Waals surface area contributed by atoms with Gasteiger partial charge in [0.15, 0.2) is 17.3 Å². The van der Waals surface area contributed by atoms with E-state index in [2.05, 4.69) is 25.8 Å². The van der Waals surface area contributed by atoms with E-state index in [1.54, 1.807) is 0 Å². The van der Waals surface area contributed by atoms with Gasteiger partial charge in [0.2, 0.25) is 0 Å². The van der Waals surface area contributed by atoms with Crippen molar-refractivity contribution in [3.8, 4) is 0 Å². The molecule has 0 aliphatic rings. The number of thiazole rings is 1. The summed E-state index contributed by atoms with van der Waals surface area (Å²) in [5.41, 5.74) is 0.506. The molecule has 0 fully saturated rings. The van der Waals surface area contributed by atoms with Gasteiger partial charge in [0.1, 0.15) is 5.82 Å². The van der Waals surface area contributed by atoms with Gasteiger partial charge in [0.05, 0.1) is 27.8 Å². The molecule has 0 aliphatic heterocycles. The average molecular weight is 412 g/mol. The summed E-state index contributed by atoms with van der Waals surface area (Å²) in [5.74, 6) is -3.52. The molecule has 0 bridgehead atoms. The number of nitrogens with zero attached hydrogens (tertiary/aromatic N) is 2. The molecule has 2 amide bonds. The second-order valence-electron chi connectivity index (χ2n) is 5.41. The fourth-order valence-electron chi connectivity index (χ4n) is 2.14. The van der Waals surface area contributed by atoms with Crippen molar-refractivity contribution >= 4 is 40.6 Å². The first-order valence-corrected chi connectivity index (χ1v) is 8.79. The largest absolute Gasteiger partial charge is 0.345 e. The van der Waals surface area contributed by atoms with Crippen LogP contribution in [0.1, 0.15) is 31.5 Å². The average Bonchev–Trinajstić information content (AvgIpc) is 3.25. The monoisotopic (exact) mass is 411 g/mol. The Balaban J connectivity index is 1.64. The van der Waals surface area contributed by atoms with Crippen molar-refractivity contribution in [3.05, 3.63) is 62.2 Å². The maximum atomic E-state index is 13.3. The molecular formula is C16H12ClF2N5O2S. The van der Waals surface area contributed by atoms with Crippen LogP contribution in [0.25, 0.3) is 0 Å². The minimum atomic E-state index is -1.20. The Morgan fingerprint density at radius 1 is 1.22 bits per heavy atom. The number of amides is 2. The Kier molecular flexibility index (Phi) is 5.47. The second-order valence-corrected chi connectivity index (χ2v) is 6.88. The molecule has 2 aromatic heterocycles. The van der Waals surface area contributed by atoms with E-state index in [1.807, 2.05) is 12.3 Å². The van der Waals surface area contributed by atoms with Crippen molar-refractivity contribution in [1.82, 2.24) is 20.5 Å². The number of aromatic amines is 1. The fourth-order valence-corrected chi connectivity index (χ4v) is 2.99. The Labute approximate surface area is 160 Å². The number of benzene rings is 1. The molecule has 27 heavy (non-hydrogen) atoms. The van der Waals surface area contributed by atoms with Gasteiger partial charge in [0, 0.05) is 11.4 Å². The maximum absolute atomic E-state index is 13.3. The van der Waals surface area contributed by atoms with Crippen LogP contribution in [0.4, 0.5) is 14.6 Å². The molecule has 0 spiro atoms. The number of rotatable bonds is 5.